The monoisotopic (exact) mass is 246 g/mol. The summed E-state index contributed by atoms with van der Waals surface area (Å²) in [6, 6.07) is 0.652. The van der Waals surface area contributed by atoms with Gasteiger partial charge in [0.2, 0.25) is 0 Å². The van der Waals surface area contributed by atoms with Gasteiger partial charge in [0.15, 0.2) is 0 Å². The predicted molar refractivity (Wildman–Crippen MR) is 72.6 cm³/mol. The molecule has 1 saturated carbocycles. The van der Waals surface area contributed by atoms with E-state index in [1.807, 2.05) is 12.4 Å². The Kier molecular flexibility index (Phi) is 3.74. The van der Waals surface area contributed by atoms with Crippen molar-refractivity contribution in [3.63, 3.8) is 0 Å². The van der Waals surface area contributed by atoms with Crippen molar-refractivity contribution in [2.24, 2.45) is 5.92 Å². The molecule has 2 fully saturated rings. The Hall–Kier alpha value is -1.16. The zero-order valence-corrected chi connectivity index (χ0v) is 10.9. The Morgan fingerprint density at radius 1 is 1.11 bits per heavy atom. The molecule has 0 bridgehead atoms. The number of aromatic nitrogens is 2. The van der Waals surface area contributed by atoms with Crippen molar-refractivity contribution < 1.29 is 0 Å². The topological polar surface area (TPSA) is 41.1 Å². The van der Waals surface area contributed by atoms with Crippen LogP contribution in [-0.2, 0) is 0 Å². The number of nitrogens with zero attached hydrogens (tertiary/aromatic N) is 3. The number of hydrogen-bond acceptors (Lipinski definition) is 4. The maximum absolute atomic E-state index is 4.12. The average molecular weight is 246 g/mol. The van der Waals surface area contributed by atoms with Crippen LogP contribution in [0.25, 0.3) is 0 Å². The number of hydrogen-bond donors (Lipinski definition) is 1. The van der Waals surface area contributed by atoms with E-state index in [-0.39, 0.29) is 0 Å². The summed E-state index contributed by atoms with van der Waals surface area (Å²) in [7, 11) is 0. The largest absolute Gasteiger partial charge is 0.366 e. The molecular formula is C14H22N4. The van der Waals surface area contributed by atoms with Crippen LogP contribution in [0, 0.1) is 5.92 Å². The van der Waals surface area contributed by atoms with E-state index in [4.69, 9.17) is 0 Å². The van der Waals surface area contributed by atoms with Crippen molar-refractivity contribution in [1.82, 2.24) is 15.3 Å². The lowest BCUT2D eigenvalue weighted by Gasteiger charge is -2.40. The van der Waals surface area contributed by atoms with E-state index in [0.29, 0.717) is 6.04 Å². The quantitative estimate of drug-likeness (QED) is 0.864. The van der Waals surface area contributed by atoms with Crippen molar-refractivity contribution in [2.75, 3.05) is 24.5 Å². The van der Waals surface area contributed by atoms with Gasteiger partial charge in [-0.15, -0.1) is 0 Å². The maximum Gasteiger partial charge on any atom is 0.115 e. The van der Waals surface area contributed by atoms with Crippen molar-refractivity contribution in [2.45, 2.75) is 38.1 Å². The summed E-state index contributed by atoms with van der Waals surface area (Å²) in [5.41, 5.74) is 1.17. The summed E-state index contributed by atoms with van der Waals surface area (Å²) in [5, 5.41) is 3.71. The van der Waals surface area contributed by atoms with Crippen LogP contribution >= 0.6 is 0 Å². The van der Waals surface area contributed by atoms with Crippen molar-refractivity contribution >= 4 is 5.69 Å². The molecule has 98 valence electrons. The Morgan fingerprint density at radius 3 is 2.67 bits per heavy atom. The van der Waals surface area contributed by atoms with Crippen LogP contribution in [0.2, 0.25) is 0 Å². The number of piperazine rings is 1. The first-order valence-electron chi connectivity index (χ1n) is 7.17. The Balaban J connectivity index is 1.64. The minimum absolute atomic E-state index is 0.652. The van der Waals surface area contributed by atoms with E-state index in [9.17, 15) is 0 Å². The van der Waals surface area contributed by atoms with E-state index < -0.39 is 0 Å². The normalized spacial score (nSPS) is 26.2. The van der Waals surface area contributed by atoms with Gasteiger partial charge in [-0.3, -0.25) is 0 Å². The molecule has 1 saturated heterocycles. The molecule has 0 spiro atoms. The van der Waals surface area contributed by atoms with Crippen molar-refractivity contribution in [3.05, 3.63) is 18.7 Å². The fourth-order valence-corrected chi connectivity index (χ4v) is 3.32. The average Bonchev–Trinajstić information content (AvgIpc) is 2.49. The second kappa shape index (κ2) is 5.65. The van der Waals surface area contributed by atoms with Crippen LogP contribution in [0.5, 0.6) is 0 Å². The molecule has 1 aromatic heterocycles. The second-order valence-electron chi connectivity index (χ2n) is 5.50. The molecule has 0 amide bonds. The minimum Gasteiger partial charge on any atom is -0.366 e. The van der Waals surface area contributed by atoms with Gasteiger partial charge in [0.05, 0.1) is 18.1 Å². The summed E-state index contributed by atoms with van der Waals surface area (Å²) in [5.74, 6) is 0.867. The van der Waals surface area contributed by atoms with Crippen LogP contribution in [-0.4, -0.2) is 35.6 Å². The summed E-state index contributed by atoms with van der Waals surface area (Å²) < 4.78 is 0. The van der Waals surface area contributed by atoms with E-state index in [1.54, 1.807) is 6.33 Å². The lowest BCUT2D eigenvalue weighted by atomic mass is 9.83. The van der Waals surface area contributed by atoms with Gasteiger partial charge < -0.3 is 10.2 Å². The molecule has 2 aliphatic rings. The Morgan fingerprint density at radius 2 is 1.89 bits per heavy atom. The number of nitrogens with one attached hydrogen (secondary N) is 1. The van der Waals surface area contributed by atoms with E-state index in [0.717, 1.165) is 25.6 Å². The zero-order chi connectivity index (χ0) is 12.2. The molecule has 1 atom stereocenters. The van der Waals surface area contributed by atoms with Gasteiger partial charge in [-0.25, -0.2) is 9.97 Å². The lowest BCUT2D eigenvalue weighted by molar-refractivity contribution is 0.257. The molecule has 1 aromatic rings. The highest BCUT2D eigenvalue weighted by molar-refractivity contribution is 5.42. The lowest BCUT2D eigenvalue weighted by Crippen LogP contribution is -2.54. The summed E-state index contributed by atoms with van der Waals surface area (Å²) in [6.45, 7) is 3.25. The van der Waals surface area contributed by atoms with E-state index >= 15 is 0 Å². The standard InChI is InChI=1S/C14H22N4/c1-2-4-12(5-3-1)14-10-18(7-6-17-14)13-8-15-11-16-9-13/h8-9,11-12,14,17H,1-7,10H2. The highest BCUT2D eigenvalue weighted by Crippen LogP contribution is 2.28. The van der Waals surface area contributed by atoms with Gasteiger partial charge in [0.1, 0.15) is 6.33 Å². The highest BCUT2D eigenvalue weighted by Gasteiger charge is 2.28. The molecule has 0 aromatic carbocycles. The van der Waals surface area contributed by atoms with Crippen LogP contribution in [0.15, 0.2) is 18.7 Å². The molecule has 1 aliphatic carbocycles. The van der Waals surface area contributed by atoms with Gasteiger partial charge >= 0.3 is 0 Å². The number of anilines is 1. The molecular weight excluding hydrogens is 224 g/mol. The Labute approximate surface area is 109 Å². The highest BCUT2D eigenvalue weighted by atomic mass is 15.2. The third-order valence-electron chi connectivity index (χ3n) is 4.34. The maximum atomic E-state index is 4.12. The first kappa shape index (κ1) is 11.9. The van der Waals surface area contributed by atoms with Crippen molar-refractivity contribution in [1.29, 1.82) is 0 Å². The second-order valence-corrected chi connectivity index (χ2v) is 5.50. The number of rotatable bonds is 2. The molecule has 1 N–H and O–H groups in total. The molecule has 1 aliphatic heterocycles. The molecule has 4 heteroatoms. The summed E-state index contributed by atoms with van der Waals surface area (Å²) >= 11 is 0. The SMILES string of the molecule is c1ncc(N2CCNC(C3CCCCC3)C2)cn1. The molecule has 0 radical (unpaired) electrons. The zero-order valence-electron chi connectivity index (χ0n) is 10.9. The van der Waals surface area contributed by atoms with Gasteiger partial charge in [-0.1, -0.05) is 19.3 Å². The molecule has 2 heterocycles. The first-order valence-corrected chi connectivity index (χ1v) is 7.17. The van der Waals surface area contributed by atoms with E-state index in [2.05, 4.69) is 20.2 Å². The fourth-order valence-electron chi connectivity index (χ4n) is 3.32. The van der Waals surface area contributed by atoms with Gasteiger partial charge in [-0.05, 0) is 18.8 Å². The molecule has 1 unspecified atom stereocenters. The molecule has 4 nitrogen and oxygen atoms in total. The summed E-state index contributed by atoms with van der Waals surface area (Å²) in [4.78, 5) is 10.7. The first-order chi connectivity index (χ1) is 8.93. The van der Waals surface area contributed by atoms with Gasteiger partial charge in [0.25, 0.3) is 0 Å². The van der Waals surface area contributed by atoms with Crippen LogP contribution in [0.4, 0.5) is 5.69 Å². The molecule has 18 heavy (non-hydrogen) atoms. The van der Waals surface area contributed by atoms with E-state index in [1.165, 1.54) is 37.8 Å². The fraction of sp³-hybridized carbons (Fsp3) is 0.714. The summed E-state index contributed by atoms with van der Waals surface area (Å²) in [6.07, 6.45) is 12.5. The predicted octanol–water partition coefficient (Wildman–Crippen LogP) is 1.84. The van der Waals surface area contributed by atoms with Crippen LogP contribution in [0.1, 0.15) is 32.1 Å². The van der Waals surface area contributed by atoms with Crippen LogP contribution in [0.3, 0.4) is 0 Å². The smallest absolute Gasteiger partial charge is 0.115 e. The van der Waals surface area contributed by atoms with Gasteiger partial charge in [0, 0.05) is 25.7 Å². The third kappa shape index (κ3) is 2.64. The van der Waals surface area contributed by atoms with Crippen molar-refractivity contribution in [3.8, 4) is 0 Å². The Bertz CT molecular complexity index is 361. The van der Waals surface area contributed by atoms with Gasteiger partial charge in [-0.2, -0.15) is 0 Å². The minimum atomic E-state index is 0.652. The molecule has 3 rings (SSSR count). The van der Waals surface area contributed by atoms with Crippen LogP contribution < -0.4 is 10.2 Å². The third-order valence-corrected chi connectivity index (χ3v) is 4.34.